The van der Waals surface area contributed by atoms with Gasteiger partial charge >= 0.3 is 0 Å². The minimum Gasteiger partial charge on any atom is -0.302 e. The molecule has 0 aliphatic carbocycles. The Balaban J connectivity index is 1.81. The number of amides is 1. The number of anilines is 1. The lowest BCUT2D eigenvalue weighted by Crippen LogP contribution is -2.14. The highest BCUT2D eigenvalue weighted by Crippen LogP contribution is 2.19. The van der Waals surface area contributed by atoms with Gasteiger partial charge in [-0.3, -0.25) is 9.78 Å². The average Bonchev–Trinajstić information content (AvgIpc) is 2.84. The largest absolute Gasteiger partial charge is 0.302 e. The van der Waals surface area contributed by atoms with Crippen LogP contribution in [0.25, 0.3) is 10.9 Å². The highest BCUT2D eigenvalue weighted by molar-refractivity contribution is 7.15. The molecule has 2 heterocycles. The number of rotatable bonds is 3. The molecule has 0 unspecified atom stereocenters. The first-order valence-electron chi connectivity index (χ1n) is 6.27. The van der Waals surface area contributed by atoms with Gasteiger partial charge in [0.05, 0.1) is 11.9 Å². The van der Waals surface area contributed by atoms with Crippen molar-refractivity contribution < 1.29 is 4.79 Å². The Labute approximate surface area is 120 Å². The Hall–Kier alpha value is -2.27. The molecule has 1 N–H and O–H groups in total. The zero-order valence-electron chi connectivity index (χ0n) is 11.0. The monoisotopic (exact) mass is 283 g/mol. The SMILES string of the molecule is Cc1cnc(NC(=O)Cc2cccc3cccnc23)s1. The van der Waals surface area contributed by atoms with Gasteiger partial charge in [0.15, 0.2) is 5.13 Å². The molecule has 20 heavy (non-hydrogen) atoms. The zero-order chi connectivity index (χ0) is 13.9. The van der Waals surface area contributed by atoms with Gasteiger partial charge in [0.1, 0.15) is 0 Å². The minimum absolute atomic E-state index is 0.0718. The van der Waals surface area contributed by atoms with E-state index in [4.69, 9.17) is 0 Å². The maximum absolute atomic E-state index is 12.1. The van der Waals surface area contributed by atoms with Gasteiger partial charge < -0.3 is 5.32 Å². The van der Waals surface area contributed by atoms with Crippen LogP contribution in [0.3, 0.4) is 0 Å². The second-order valence-electron chi connectivity index (χ2n) is 4.49. The summed E-state index contributed by atoms with van der Waals surface area (Å²) in [5.74, 6) is -0.0718. The van der Waals surface area contributed by atoms with Gasteiger partial charge in [-0.25, -0.2) is 4.98 Å². The Morgan fingerprint density at radius 1 is 1.25 bits per heavy atom. The molecule has 0 aliphatic rings. The number of para-hydroxylation sites is 1. The topological polar surface area (TPSA) is 54.9 Å². The molecular formula is C15H13N3OS. The van der Waals surface area contributed by atoms with Gasteiger partial charge in [-0.05, 0) is 18.6 Å². The lowest BCUT2D eigenvalue weighted by atomic mass is 10.1. The first-order chi connectivity index (χ1) is 9.72. The second-order valence-corrected chi connectivity index (χ2v) is 5.73. The standard InChI is InChI=1S/C15H13N3OS/c1-10-9-17-15(20-10)18-13(19)8-12-5-2-4-11-6-3-7-16-14(11)12/h2-7,9H,8H2,1H3,(H,17,18,19). The van der Waals surface area contributed by atoms with Crippen LogP contribution in [0.4, 0.5) is 5.13 Å². The molecule has 3 aromatic rings. The number of nitrogens with zero attached hydrogens (tertiary/aromatic N) is 2. The summed E-state index contributed by atoms with van der Waals surface area (Å²) >= 11 is 1.47. The molecule has 0 spiro atoms. The Bertz CT molecular complexity index is 761. The summed E-state index contributed by atoms with van der Waals surface area (Å²) in [6.45, 7) is 1.96. The first kappa shape index (κ1) is 12.7. The smallest absolute Gasteiger partial charge is 0.230 e. The van der Waals surface area contributed by atoms with Crippen LogP contribution in [0, 0.1) is 6.92 Å². The van der Waals surface area contributed by atoms with E-state index in [9.17, 15) is 4.79 Å². The summed E-state index contributed by atoms with van der Waals surface area (Å²) in [6.07, 6.45) is 3.79. The van der Waals surface area contributed by atoms with Crippen molar-refractivity contribution in [2.24, 2.45) is 0 Å². The number of carbonyl (C=O) groups excluding carboxylic acids is 1. The van der Waals surface area contributed by atoms with Crippen molar-refractivity contribution in [2.45, 2.75) is 13.3 Å². The quantitative estimate of drug-likeness (QED) is 0.803. The minimum atomic E-state index is -0.0718. The highest BCUT2D eigenvalue weighted by Gasteiger charge is 2.09. The summed E-state index contributed by atoms with van der Waals surface area (Å²) in [7, 11) is 0. The van der Waals surface area contributed by atoms with E-state index in [-0.39, 0.29) is 5.91 Å². The first-order valence-corrected chi connectivity index (χ1v) is 7.09. The number of aromatic nitrogens is 2. The van der Waals surface area contributed by atoms with E-state index < -0.39 is 0 Å². The van der Waals surface area contributed by atoms with Crippen LogP contribution < -0.4 is 5.32 Å². The molecule has 100 valence electrons. The summed E-state index contributed by atoms with van der Waals surface area (Å²) in [6, 6.07) is 9.76. The maximum atomic E-state index is 12.1. The van der Waals surface area contributed by atoms with E-state index in [2.05, 4.69) is 15.3 Å². The molecule has 2 aromatic heterocycles. The van der Waals surface area contributed by atoms with E-state index in [1.807, 2.05) is 37.3 Å². The lowest BCUT2D eigenvalue weighted by Gasteiger charge is -2.05. The number of pyridine rings is 1. The normalized spacial score (nSPS) is 10.7. The zero-order valence-corrected chi connectivity index (χ0v) is 11.8. The molecule has 3 rings (SSSR count). The van der Waals surface area contributed by atoms with Crippen LogP contribution in [0.15, 0.2) is 42.7 Å². The third-order valence-corrected chi connectivity index (χ3v) is 3.76. The van der Waals surface area contributed by atoms with Crippen molar-refractivity contribution in [1.29, 1.82) is 0 Å². The van der Waals surface area contributed by atoms with Gasteiger partial charge in [0, 0.05) is 22.7 Å². The molecule has 4 nitrogen and oxygen atoms in total. The Morgan fingerprint density at radius 3 is 2.90 bits per heavy atom. The fraction of sp³-hybridized carbons (Fsp3) is 0.133. The van der Waals surface area contributed by atoms with E-state index in [0.29, 0.717) is 11.6 Å². The van der Waals surface area contributed by atoms with Gasteiger partial charge in [-0.2, -0.15) is 0 Å². The molecule has 1 amide bonds. The van der Waals surface area contributed by atoms with Gasteiger partial charge in [0.2, 0.25) is 5.91 Å². The molecule has 0 fully saturated rings. The summed E-state index contributed by atoms with van der Waals surface area (Å²) in [5, 5.41) is 4.50. The van der Waals surface area contributed by atoms with Crippen molar-refractivity contribution in [2.75, 3.05) is 5.32 Å². The number of nitrogens with one attached hydrogen (secondary N) is 1. The fourth-order valence-electron chi connectivity index (χ4n) is 2.06. The highest BCUT2D eigenvalue weighted by atomic mass is 32.1. The number of aryl methyl sites for hydroxylation is 1. The van der Waals surface area contributed by atoms with Crippen molar-refractivity contribution in [3.8, 4) is 0 Å². The third kappa shape index (κ3) is 2.67. The van der Waals surface area contributed by atoms with Crippen molar-refractivity contribution in [1.82, 2.24) is 9.97 Å². The van der Waals surface area contributed by atoms with Crippen molar-refractivity contribution in [3.05, 3.63) is 53.2 Å². The lowest BCUT2D eigenvalue weighted by molar-refractivity contribution is -0.115. The average molecular weight is 283 g/mol. The molecular weight excluding hydrogens is 270 g/mol. The summed E-state index contributed by atoms with van der Waals surface area (Å²) < 4.78 is 0. The molecule has 0 atom stereocenters. The van der Waals surface area contributed by atoms with Crippen LogP contribution in [0.5, 0.6) is 0 Å². The molecule has 0 aliphatic heterocycles. The van der Waals surface area contributed by atoms with Crippen LogP contribution >= 0.6 is 11.3 Å². The number of benzene rings is 1. The number of thiazole rings is 1. The van der Waals surface area contributed by atoms with E-state index in [1.54, 1.807) is 12.4 Å². The second kappa shape index (κ2) is 5.38. The summed E-state index contributed by atoms with van der Waals surface area (Å²) in [5.41, 5.74) is 1.80. The maximum Gasteiger partial charge on any atom is 0.230 e. The van der Waals surface area contributed by atoms with Gasteiger partial charge in [-0.15, -0.1) is 11.3 Å². The molecule has 0 bridgehead atoms. The molecule has 1 aromatic carbocycles. The van der Waals surface area contributed by atoms with Crippen LogP contribution in [-0.2, 0) is 11.2 Å². The van der Waals surface area contributed by atoms with Crippen LogP contribution in [-0.4, -0.2) is 15.9 Å². The van der Waals surface area contributed by atoms with E-state index in [0.717, 1.165) is 21.3 Å². The molecule has 5 heteroatoms. The number of hydrogen-bond donors (Lipinski definition) is 1. The van der Waals surface area contributed by atoms with Gasteiger partial charge in [-0.1, -0.05) is 24.3 Å². The summed E-state index contributed by atoms with van der Waals surface area (Å²) in [4.78, 5) is 21.6. The van der Waals surface area contributed by atoms with Crippen molar-refractivity contribution in [3.63, 3.8) is 0 Å². The number of hydrogen-bond acceptors (Lipinski definition) is 4. The van der Waals surface area contributed by atoms with Crippen molar-refractivity contribution >= 4 is 33.3 Å². The third-order valence-electron chi connectivity index (χ3n) is 2.93. The van der Waals surface area contributed by atoms with E-state index in [1.165, 1.54) is 11.3 Å². The number of carbonyl (C=O) groups is 1. The predicted octanol–water partition coefficient (Wildman–Crippen LogP) is 3.18. The van der Waals surface area contributed by atoms with Crippen LogP contribution in [0.1, 0.15) is 10.4 Å². The van der Waals surface area contributed by atoms with E-state index >= 15 is 0 Å². The molecule has 0 radical (unpaired) electrons. The molecule has 0 saturated heterocycles. The van der Waals surface area contributed by atoms with Gasteiger partial charge in [0.25, 0.3) is 0 Å². The Morgan fingerprint density at radius 2 is 2.10 bits per heavy atom. The predicted molar refractivity (Wildman–Crippen MR) is 80.9 cm³/mol. The Kier molecular flexibility index (Phi) is 3.43. The molecule has 0 saturated carbocycles. The number of fused-ring (bicyclic) bond motifs is 1. The van der Waals surface area contributed by atoms with Crippen LogP contribution in [0.2, 0.25) is 0 Å². The fourth-order valence-corrected chi connectivity index (χ4v) is 2.74.